The Balaban J connectivity index is 1.97. The number of hydrogen-bond donors (Lipinski definition) is 0. The molecule has 0 saturated heterocycles. The quantitative estimate of drug-likeness (QED) is 0.819. The standard InChI is InChI=1S/C12H11ClN2O/c1-9-2-7-12(15-14-9)16-8-10-3-5-11(13)6-4-10/h2-7H,8H2,1H3. The van der Waals surface area contributed by atoms with Crippen molar-refractivity contribution in [2.24, 2.45) is 0 Å². The van der Waals surface area contributed by atoms with Gasteiger partial charge >= 0.3 is 0 Å². The van der Waals surface area contributed by atoms with Crippen molar-refractivity contribution >= 4 is 11.6 Å². The first-order valence-corrected chi connectivity index (χ1v) is 5.29. The molecule has 0 radical (unpaired) electrons. The molecule has 2 rings (SSSR count). The molecule has 0 N–H and O–H groups in total. The van der Waals surface area contributed by atoms with Gasteiger partial charge in [0.2, 0.25) is 5.88 Å². The predicted molar refractivity (Wildman–Crippen MR) is 62.6 cm³/mol. The second-order valence-electron chi connectivity index (χ2n) is 3.43. The highest BCUT2D eigenvalue weighted by Gasteiger charge is 1.97. The Morgan fingerprint density at radius 3 is 2.44 bits per heavy atom. The van der Waals surface area contributed by atoms with Crippen LogP contribution in [0.15, 0.2) is 36.4 Å². The molecule has 82 valence electrons. The number of rotatable bonds is 3. The third-order valence-electron chi connectivity index (χ3n) is 2.07. The molecular weight excluding hydrogens is 224 g/mol. The van der Waals surface area contributed by atoms with Gasteiger partial charge in [-0.2, -0.15) is 5.10 Å². The van der Waals surface area contributed by atoms with Crippen LogP contribution in [0.3, 0.4) is 0 Å². The monoisotopic (exact) mass is 234 g/mol. The van der Waals surface area contributed by atoms with Crippen molar-refractivity contribution in [3.63, 3.8) is 0 Å². The molecule has 0 aliphatic carbocycles. The topological polar surface area (TPSA) is 35.0 Å². The smallest absolute Gasteiger partial charge is 0.233 e. The molecule has 16 heavy (non-hydrogen) atoms. The van der Waals surface area contributed by atoms with Crippen molar-refractivity contribution in [2.75, 3.05) is 0 Å². The van der Waals surface area contributed by atoms with Crippen LogP contribution in [-0.4, -0.2) is 10.2 Å². The van der Waals surface area contributed by atoms with Crippen molar-refractivity contribution in [1.82, 2.24) is 10.2 Å². The molecule has 0 bridgehead atoms. The highest BCUT2D eigenvalue weighted by molar-refractivity contribution is 6.30. The van der Waals surface area contributed by atoms with Crippen LogP contribution in [0, 0.1) is 6.92 Å². The summed E-state index contributed by atoms with van der Waals surface area (Å²) in [5.41, 5.74) is 1.92. The van der Waals surface area contributed by atoms with E-state index in [9.17, 15) is 0 Å². The molecule has 1 aromatic carbocycles. The van der Waals surface area contributed by atoms with E-state index in [1.54, 1.807) is 6.07 Å². The Hall–Kier alpha value is -1.61. The Morgan fingerprint density at radius 1 is 1.06 bits per heavy atom. The normalized spacial score (nSPS) is 10.1. The van der Waals surface area contributed by atoms with Gasteiger partial charge in [-0.3, -0.25) is 0 Å². The van der Waals surface area contributed by atoms with Crippen molar-refractivity contribution in [2.45, 2.75) is 13.5 Å². The van der Waals surface area contributed by atoms with E-state index in [0.717, 1.165) is 16.3 Å². The van der Waals surface area contributed by atoms with Gasteiger partial charge in [0, 0.05) is 11.1 Å². The zero-order valence-electron chi connectivity index (χ0n) is 8.85. The van der Waals surface area contributed by atoms with E-state index >= 15 is 0 Å². The van der Waals surface area contributed by atoms with Crippen molar-refractivity contribution in [3.05, 3.63) is 52.7 Å². The first-order valence-electron chi connectivity index (χ1n) is 4.91. The van der Waals surface area contributed by atoms with Crippen LogP contribution in [0.25, 0.3) is 0 Å². The summed E-state index contributed by atoms with van der Waals surface area (Å²) in [6.07, 6.45) is 0. The summed E-state index contributed by atoms with van der Waals surface area (Å²) in [5, 5.41) is 8.54. The van der Waals surface area contributed by atoms with Gasteiger partial charge in [0.25, 0.3) is 0 Å². The lowest BCUT2D eigenvalue weighted by Gasteiger charge is -2.04. The molecule has 0 aliphatic heterocycles. The van der Waals surface area contributed by atoms with E-state index < -0.39 is 0 Å². The van der Waals surface area contributed by atoms with E-state index in [1.165, 1.54) is 0 Å². The highest BCUT2D eigenvalue weighted by atomic mass is 35.5. The average molecular weight is 235 g/mol. The van der Waals surface area contributed by atoms with E-state index in [1.807, 2.05) is 37.3 Å². The van der Waals surface area contributed by atoms with Crippen LogP contribution in [0.4, 0.5) is 0 Å². The number of nitrogens with zero attached hydrogens (tertiary/aromatic N) is 2. The minimum atomic E-state index is 0.467. The summed E-state index contributed by atoms with van der Waals surface area (Å²) in [6, 6.07) is 11.2. The van der Waals surface area contributed by atoms with Crippen LogP contribution >= 0.6 is 11.6 Å². The molecule has 0 saturated carbocycles. The van der Waals surface area contributed by atoms with Crippen LogP contribution in [-0.2, 0) is 6.61 Å². The number of halogens is 1. The highest BCUT2D eigenvalue weighted by Crippen LogP contribution is 2.12. The maximum Gasteiger partial charge on any atom is 0.233 e. The number of hydrogen-bond acceptors (Lipinski definition) is 3. The maximum absolute atomic E-state index is 5.78. The number of aromatic nitrogens is 2. The van der Waals surface area contributed by atoms with Gasteiger partial charge in [0.1, 0.15) is 6.61 Å². The maximum atomic E-state index is 5.78. The summed E-state index contributed by atoms with van der Waals surface area (Å²) < 4.78 is 5.47. The fourth-order valence-corrected chi connectivity index (χ4v) is 1.33. The Labute approximate surface area is 99.0 Å². The molecule has 0 fully saturated rings. The largest absolute Gasteiger partial charge is 0.472 e. The van der Waals surface area contributed by atoms with Gasteiger partial charge in [-0.25, -0.2) is 0 Å². The van der Waals surface area contributed by atoms with Crippen molar-refractivity contribution in [1.29, 1.82) is 0 Å². The summed E-state index contributed by atoms with van der Waals surface area (Å²) in [7, 11) is 0. The average Bonchev–Trinajstić information content (AvgIpc) is 2.30. The van der Waals surface area contributed by atoms with Gasteiger partial charge < -0.3 is 4.74 Å². The van der Waals surface area contributed by atoms with Gasteiger partial charge in [-0.1, -0.05) is 23.7 Å². The lowest BCUT2D eigenvalue weighted by atomic mass is 10.2. The molecule has 0 amide bonds. The van der Waals surface area contributed by atoms with Crippen LogP contribution in [0.2, 0.25) is 5.02 Å². The lowest BCUT2D eigenvalue weighted by Crippen LogP contribution is -1.98. The van der Waals surface area contributed by atoms with Gasteiger partial charge in [-0.15, -0.1) is 5.10 Å². The third-order valence-corrected chi connectivity index (χ3v) is 2.33. The zero-order valence-corrected chi connectivity index (χ0v) is 9.61. The molecule has 0 spiro atoms. The van der Waals surface area contributed by atoms with Gasteiger partial charge in [0.05, 0.1) is 5.69 Å². The van der Waals surface area contributed by atoms with Crippen LogP contribution < -0.4 is 4.74 Å². The van der Waals surface area contributed by atoms with Crippen molar-refractivity contribution in [3.8, 4) is 5.88 Å². The van der Waals surface area contributed by atoms with Crippen LogP contribution in [0.5, 0.6) is 5.88 Å². The van der Waals surface area contributed by atoms with Crippen molar-refractivity contribution < 1.29 is 4.74 Å². The molecule has 4 heteroatoms. The summed E-state index contributed by atoms with van der Waals surface area (Å²) in [4.78, 5) is 0. The molecule has 1 aromatic heterocycles. The fourth-order valence-electron chi connectivity index (χ4n) is 1.20. The molecule has 2 aromatic rings. The number of aryl methyl sites for hydroxylation is 1. The second-order valence-corrected chi connectivity index (χ2v) is 3.86. The number of ether oxygens (including phenoxy) is 1. The Bertz CT molecular complexity index is 408. The molecule has 0 unspecified atom stereocenters. The first-order chi connectivity index (χ1) is 7.74. The van der Waals surface area contributed by atoms with Gasteiger partial charge in [-0.05, 0) is 30.7 Å². The second kappa shape index (κ2) is 4.94. The number of benzene rings is 1. The Morgan fingerprint density at radius 2 is 1.81 bits per heavy atom. The first kappa shape index (κ1) is 10.9. The third kappa shape index (κ3) is 2.94. The molecule has 1 heterocycles. The van der Waals surface area contributed by atoms with E-state index in [2.05, 4.69) is 10.2 Å². The summed E-state index contributed by atoms with van der Waals surface area (Å²) >= 11 is 5.78. The van der Waals surface area contributed by atoms with E-state index in [4.69, 9.17) is 16.3 Å². The molecule has 3 nitrogen and oxygen atoms in total. The molecule has 0 atom stereocenters. The Kier molecular flexibility index (Phi) is 3.37. The fraction of sp³-hybridized carbons (Fsp3) is 0.167. The van der Waals surface area contributed by atoms with Gasteiger partial charge in [0.15, 0.2) is 0 Å². The summed E-state index contributed by atoms with van der Waals surface area (Å²) in [5.74, 6) is 0.528. The predicted octanol–water partition coefficient (Wildman–Crippen LogP) is 3.02. The van der Waals surface area contributed by atoms with E-state index in [0.29, 0.717) is 12.5 Å². The summed E-state index contributed by atoms with van der Waals surface area (Å²) in [6.45, 7) is 2.35. The minimum Gasteiger partial charge on any atom is -0.472 e. The minimum absolute atomic E-state index is 0.467. The lowest BCUT2D eigenvalue weighted by molar-refractivity contribution is 0.290. The molecular formula is C12H11ClN2O. The zero-order chi connectivity index (χ0) is 11.4. The van der Waals surface area contributed by atoms with E-state index in [-0.39, 0.29) is 0 Å². The van der Waals surface area contributed by atoms with Crippen LogP contribution in [0.1, 0.15) is 11.3 Å². The SMILES string of the molecule is Cc1ccc(OCc2ccc(Cl)cc2)nn1. The molecule has 0 aliphatic rings.